The Labute approximate surface area is 258 Å². The molecule has 1 saturated heterocycles. The Balaban J connectivity index is 1.42. The zero-order chi connectivity index (χ0) is 30.4. The summed E-state index contributed by atoms with van der Waals surface area (Å²) in [6.07, 6.45) is -3.79. The summed E-state index contributed by atoms with van der Waals surface area (Å²) in [4.78, 5) is 11.6. The molecule has 5 atom stereocenters. The minimum Gasteiger partial charge on any atom is -0.480 e. The van der Waals surface area contributed by atoms with Gasteiger partial charge in [0.05, 0.1) is 33.0 Å². The van der Waals surface area contributed by atoms with Crippen molar-refractivity contribution in [2.24, 2.45) is 0 Å². The van der Waals surface area contributed by atoms with Crippen molar-refractivity contribution in [2.75, 3.05) is 13.2 Å². The Morgan fingerprint density at radius 2 is 0.955 bits per heavy atom. The van der Waals surface area contributed by atoms with Crippen molar-refractivity contribution in [1.29, 1.82) is 0 Å². The Morgan fingerprint density at radius 1 is 0.545 bits per heavy atom. The van der Waals surface area contributed by atoms with Crippen molar-refractivity contribution in [3.8, 4) is 0 Å². The lowest BCUT2D eigenvalue weighted by atomic mass is 9.97. The number of aliphatic carboxylic acids is 1. The van der Waals surface area contributed by atoms with E-state index >= 15 is 0 Å². The minimum atomic E-state index is -1.11. The Hall–Kier alpha value is -3.89. The molecule has 1 heterocycles. The first-order valence-corrected chi connectivity index (χ1v) is 14.7. The molecule has 0 saturated carbocycles. The van der Waals surface area contributed by atoms with Gasteiger partial charge in [-0.05, 0) is 22.3 Å². The van der Waals surface area contributed by atoms with Crippen molar-refractivity contribution in [1.82, 2.24) is 0 Å². The highest BCUT2D eigenvalue weighted by Crippen LogP contribution is 2.31. The van der Waals surface area contributed by atoms with Gasteiger partial charge in [0.25, 0.3) is 0 Å². The Kier molecular flexibility index (Phi) is 12.1. The second-order valence-corrected chi connectivity index (χ2v) is 10.5. The summed E-state index contributed by atoms with van der Waals surface area (Å²) in [5, 5.41) is 9.45. The summed E-state index contributed by atoms with van der Waals surface area (Å²) in [5.74, 6) is -1.11. The lowest BCUT2D eigenvalue weighted by molar-refractivity contribution is -0.327. The van der Waals surface area contributed by atoms with E-state index in [2.05, 4.69) is 0 Å². The number of hydrogen-bond donors (Lipinski definition) is 1. The van der Waals surface area contributed by atoms with Crippen LogP contribution in [0.3, 0.4) is 0 Å². The van der Waals surface area contributed by atoms with Crippen LogP contribution < -0.4 is 0 Å². The van der Waals surface area contributed by atoms with Gasteiger partial charge in [0.15, 0.2) is 6.29 Å². The fourth-order valence-corrected chi connectivity index (χ4v) is 5.03. The van der Waals surface area contributed by atoms with Gasteiger partial charge in [0.2, 0.25) is 0 Å². The van der Waals surface area contributed by atoms with E-state index in [1.54, 1.807) is 0 Å². The van der Waals surface area contributed by atoms with Crippen molar-refractivity contribution in [2.45, 2.75) is 57.1 Å². The zero-order valence-corrected chi connectivity index (χ0v) is 24.5. The van der Waals surface area contributed by atoms with Crippen LogP contribution in [-0.4, -0.2) is 55.0 Å². The summed E-state index contributed by atoms with van der Waals surface area (Å²) >= 11 is 0. The van der Waals surface area contributed by atoms with Gasteiger partial charge >= 0.3 is 5.97 Å². The van der Waals surface area contributed by atoms with E-state index in [0.29, 0.717) is 13.2 Å². The largest absolute Gasteiger partial charge is 0.480 e. The molecule has 8 heteroatoms. The van der Waals surface area contributed by atoms with E-state index in [9.17, 15) is 9.90 Å². The molecule has 0 aromatic heterocycles. The normalized spacial score (nSPS) is 21.6. The van der Waals surface area contributed by atoms with Gasteiger partial charge in [0, 0.05) is 0 Å². The van der Waals surface area contributed by atoms with E-state index < -0.39 is 43.3 Å². The first-order valence-electron chi connectivity index (χ1n) is 14.7. The van der Waals surface area contributed by atoms with Gasteiger partial charge < -0.3 is 33.5 Å². The monoisotopic (exact) mass is 598 g/mol. The van der Waals surface area contributed by atoms with Crippen LogP contribution in [0.1, 0.15) is 22.3 Å². The van der Waals surface area contributed by atoms with Crippen LogP contribution in [-0.2, 0) is 59.6 Å². The van der Waals surface area contributed by atoms with Gasteiger partial charge in [-0.15, -0.1) is 0 Å². The maximum Gasteiger partial charge on any atom is 0.329 e. The molecule has 1 aliphatic rings. The Morgan fingerprint density at radius 3 is 1.41 bits per heavy atom. The highest BCUT2D eigenvalue weighted by atomic mass is 16.7. The number of carboxylic acids is 1. The SMILES string of the molecule is O=C(O)COC1O[C@H](COCc2ccccc2)[C@@H](OCc2ccccc2)[C@H](OCc2ccccc2)[C@@H]1OCc1ccccc1. The maximum atomic E-state index is 11.6. The number of benzene rings is 4. The molecular formula is C36H38O8. The van der Waals surface area contributed by atoms with E-state index in [1.807, 2.05) is 121 Å². The van der Waals surface area contributed by atoms with Crippen molar-refractivity contribution in [3.05, 3.63) is 144 Å². The fraction of sp³-hybridized carbons (Fsp3) is 0.306. The second kappa shape index (κ2) is 16.8. The summed E-state index contributed by atoms with van der Waals surface area (Å²) in [5.41, 5.74) is 3.93. The van der Waals surface area contributed by atoms with E-state index in [0.717, 1.165) is 22.3 Å². The molecule has 4 aromatic rings. The number of carbonyl (C=O) groups is 1. The summed E-state index contributed by atoms with van der Waals surface area (Å²) in [6, 6.07) is 39.3. The molecule has 0 spiro atoms. The molecule has 5 rings (SSSR count). The van der Waals surface area contributed by atoms with Gasteiger partial charge in [-0.25, -0.2) is 4.79 Å². The molecule has 1 N–H and O–H groups in total. The topological polar surface area (TPSA) is 92.7 Å². The summed E-state index contributed by atoms with van der Waals surface area (Å²) in [7, 11) is 0. The molecule has 1 aliphatic heterocycles. The van der Waals surface area contributed by atoms with Gasteiger partial charge in [-0.1, -0.05) is 121 Å². The van der Waals surface area contributed by atoms with Gasteiger partial charge in [-0.2, -0.15) is 0 Å². The molecule has 4 aromatic carbocycles. The Bertz CT molecular complexity index is 1370. The standard InChI is InChI=1S/C36H38O8/c37-32(38)26-43-36-35(42-24-30-19-11-4-12-20-30)34(41-23-29-17-9-3-10-18-29)33(40-22-28-15-7-2-8-16-28)31(44-36)25-39-21-27-13-5-1-6-14-27/h1-20,31,33-36H,21-26H2,(H,37,38)/t31-,33-,34+,35+,36?/m1/s1. The van der Waals surface area contributed by atoms with Crippen LogP contribution >= 0.6 is 0 Å². The third-order valence-electron chi connectivity index (χ3n) is 7.21. The van der Waals surface area contributed by atoms with Crippen molar-refractivity contribution >= 4 is 5.97 Å². The average molecular weight is 599 g/mol. The number of carboxylic acid groups (broad SMARTS) is 1. The number of hydrogen-bond acceptors (Lipinski definition) is 7. The van der Waals surface area contributed by atoms with Gasteiger partial charge in [0.1, 0.15) is 31.0 Å². The number of rotatable bonds is 16. The van der Waals surface area contributed by atoms with Crippen LogP contribution in [0.2, 0.25) is 0 Å². The summed E-state index contributed by atoms with van der Waals surface area (Å²) < 4.78 is 37.9. The van der Waals surface area contributed by atoms with E-state index in [4.69, 9.17) is 28.4 Å². The maximum absolute atomic E-state index is 11.6. The zero-order valence-electron chi connectivity index (χ0n) is 24.5. The molecule has 230 valence electrons. The quantitative estimate of drug-likeness (QED) is 0.173. The molecule has 0 aliphatic carbocycles. The van der Waals surface area contributed by atoms with Crippen LogP contribution in [0.4, 0.5) is 0 Å². The van der Waals surface area contributed by atoms with E-state index in [-0.39, 0.29) is 19.8 Å². The lowest BCUT2D eigenvalue weighted by Gasteiger charge is -2.45. The van der Waals surface area contributed by atoms with Crippen LogP contribution in [0.25, 0.3) is 0 Å². The van der Waals surface area contributed by atoms with Crippen LogP contribution in [0.15, 0.2) is 121 Å². The second-order valence-electron chi connectivity index (χ2n) is 10.5. The van der Waals surface area contributed by atoms with Gasteiger partial charge in [-0.3, -0.25) is 0 Å². The van der Waals surface area contributed by atoms with Crippen LogP contribution in [0, 0.1) is 0 Å². The van der Waals surface area contributed by atoms with Crippen LogP contribution in [0.5, 0.6) is 0 Å². The molecule has 44 heavy (non-hydrogen) atoms. The first kappa shape index (κ1) is 31.5. The molecule has 1 fully saturated rings. The van der Waals surface area contributed by atoms with E-state index in [1.165, 1.54) is 0 Å². The average Bonchev–Trinajstić information content (AvgIpc) is 3.07. The predicted octanol–water partition coefficient (Wildman–Crippen LogP) is 5.79. The molecule has 0 amide bonds. The summed E-state index contributed by atoms with van der Waals surface area (Å²) in [6.45, 7) is 0.808. The lowest BCUT2D eigenvalue weighted by Crippen LogP contribution is -2.62. The predicted molar refractivity (Wildman–Crippen MR) is 163 cm³/mol. The molecule has 1 unspecified atom stereocenters. The minimum absolute atomic E-state index is 0.165. The smallest absolute Gasteiger partial charge is 0.329 e. The fourth-order valence-electron chi connectivity index (χ4n) is 5.03. The van der Waals surface area contributed by atoms with Crippen molar-refractivity contribution in [3.63, 3.8) is 0 Å². The first-order chi connectivity index (χ1) is 21.7. The molecular weight excluding hydrogens is 560 g/mol. The highest BCUT2D eigenvalue weighted by molar-refractivity contribution is 5.68. The molecule has 0 bridgehead atoms. The third kappa shape index (κ3) is 9.56. The third-order valence-corrected chi connectivity index (χ3v) is 7.21. The van der Waals surface area contributed by atoms with Crippen molar-refractivity contribution < 1.29 is 38.3 Å². The molecule has 8 nitrogen and oxygen atoms in total. The number of ether oxygens (including phenoxy) is 6. The highest BCUT2D eigenvalue weighted by Gasteiger charge is 2.49. The molecule has 0 radical (unpaired) electrons.